The maximum absolute atomic E-state index is 8.54. The zero-order valence-corrected chi connectivity index (χ0v) is 6.52. The largest absolute Gasteiger partial charge is 0.192 e. The third-order valence-electron chi connectivity index (χ3n) is 1.49. The number of rotatable bonds is 1. The highest BCUT2D eigenvalue weighted by molar-refractivity contribution is 5.50. The minimum atomic E-state index is 0.503. The van der Waals surface area contributed by atoms with Crippen molar-refractivity contribution in [3.63, 3.8) is 0 Å². The van der Waals surface area contributed by atoms with Crippen molar-refractivity contribution in [3.05, 3.63) is 39.8 Å². The van der Waals surface area contributed by atoms with Crippen LogP contribution in [0.4, 0.5) is 5.69 Å². The van der Waals surface area contributed by atoms with Gasteiger partial charge in [0.25, 0.3) is 0 Å². The lowest BCUT2D eigenvalue weighted by Crippen LogP contribution is -1.76. The van der Waals surface area contributed by atoms with Crippen LogP contribution in [-0.2, 0) is 0 Å². The lowest BCUT2D eigenvalue weighted by atomic mass is 10.1. The standard InChI is InChI=1S/C8H6N4/c1-6-2-3-7(5-9)4-8(6)11-12-10/h2-4H,1H3. The molecule has 0 N–H and O–H groups in total. The molecule has 0 aliphatic carbocycles. The first kappa shape index (κ1) is 8.12. The van der Waals surface area contributed by atoms with E-state index in [0.29, 0.717) is 11.3 Å². The van der Waals surface area contributed by atoms with Crippen molar-refractivity contribution >= 4 is 5.69 Å². The number of hydrogen-bond donors (Lipinski definition) is 0. The fourth-order valence-electron chi connectivity index (χ4n) is 0.835. The van der Waals surface area contributed by atoms with Crippen molar-refractivity contribution < 1.29 is 0 Å². The lowest BCUT2D eigenvalue weighted by Gasteiger charge is -1.96. The molecule has 0 atom stereocenters. The average molecular weight is 158 g/mol. The highest BCUT2D eigenvalue weighted by atomic mass is 15.1. The normalized spacial score (nSPS) is 8.33. The Balaban J connectivity index is 3.28. The summed E-state index contributed by atoms with van der Waals surface area (Å²) in [6, 6.07) is 6.97. The average Bonchev–Trinajstić information content (AvgIpc) is 2.09. The third kappa shape index (κ3) is 1.54. The number of benzene rings is 1. The second-order valence-electron chi connectivity index (χ2n) is 2.30. The summed E-state index contributed by atoms with van der Waals surface area (Å²) in [7, 11) is 0. The van der Waals surface area contributed by atoms with Crippen LogP contribution in [0.3, 0.4) is 0 Å². The van der Waals surface area contributed by atoms with E-state index in [9.17, 15) is 0 Å². The zero-order chi connectivity index (χ0) is 8.97. The SMILES string of the molecule is Cc1ccc(C#N)cc1N=[N+]=[N-]. The van der Waals surface area contributed by atoms with Crippen LogP contribution in [-0.4, -0.2) is 0 Å². The van der Waals surface area contributed by atoms with Crippen LogP contribution in [0.1, 0.15) is 11.1 Å². The first-order chi connectivity index (χ1) is 5.77. The Bertz CT molecular complexity index is 383. The summed E-state index contributed by atoms with van der Waals surface area (Å²) in [5.74, 6) is 0. The van der Waals surface area contributed by atoms with E-state index >= 15 is 0 Å². The Morgan fingerprint density at radius 1 is 1.58 bits per heavy atom. The Hall–Kier alpha value is -1.98. The molecule has 0 unspecified atom stereocenters. The van der Waals surface area contributed by atoms with E-state index in [1.165, 1.54) is 0 Å². The minimum Gasteiger partial charge on any atom is -0.192 e. The van der Waals surface area contributed by atoms with Crippen molar-refractivity contribution in [1.82, 2.24) is 0 Å². The predicted molar refractivity (Wildman–Crippen MR) is 44.7 cm³/mol. The van der Waals surface area contributed by atoms with Gasteiger partial charge in [0.05, 0.1) is 11.6 Å². The molecule has 1 aromatic rings. The van der Waals surface area contributed by atoms with E-state index in [1.807, 2.05) is 13.0 Å². The zero-order valence-electron chi connectivity index (χ0n) is 6.52. The molecule has 0 saturated heterocycles. The van der Waals surface area contributed by atoms with Crippen LogP contribution in [0.2, 0.25) is 0 Å². The van der Waals surface area contributed by atoms with Crippen molar-refractivity contribution in [1.29, 1.82) is 5.26 Å². The summed E-state index contributed by atoms with van der Waals surface area (Å²) >= 11 is 0. The second kappa shape index (κ2) is 3.42. The van der Waals surface area contributed by atoms with E-state index < -0.39 is 0 Å². The Labute approximate surface area is 69.7 Å². The van der Waals surface area contributed by atoms with Gasteiger partial charge in [0, 0.05) is 10.6 Å². The summed E-state index contributed by atoms with van der Waals surface area (Å²) in [6.45, 7) is 1.82. The van der Waals surface area contributed by atoms with E-state index in [1.54, 1.807) is 18.2 Å². The second-order valence-corrected chi connectivity index (χ2v) is 2.30. The topological polar surface area (TPSA) is 72.5 Å². The van der Waals surface area contributed by atoms with Gasteiger partial charge < -0.3 is 0 Å². The van der Waals surface area contributed by atoms with Crippen molar-refractivity contribution in [2.75, 3.05) is 0 Å². The third-order valence-corrected chi connectivity index (χ3v) is 1.49. The molecule has 1 rings (SSSR count). The molecule has 0 fully saturated rings. The van der Waals surface area contributed by atoms with Crippen LogP contribution < -0.4 is 0 Å². The molecular weight excluding hydrogens is 152 g/mol. The first-order valence-electron chi connectivity index (χ1n) is 3.34. The molecule has 1 aromatic carbocycles. The van der Waals surface area contributed by atoms with Gasteiger partial charge in [-0.1, -0.05) is 11.2 Å². The molecule has 0 bridgehead atoms. The smallest absolute Gasteiger partial charge is 0.0991 e. The van der Waals surface area contributed by atoms with Crippen molar-refractivity contribution in [3.8, 4) is 6.07 Å². The number of aryl methyl sites for hydroxylation is 1. The Kier molecular flexibility index (Phi) is 2.32. The van der Waals surface area contributed by atoms with Crippen LogP contribution >= 0.6 is 0 Å². The van der Waals surface area contributed by atoms with Gasteiger partial charge >= 0.3 is 0 Å². The van der Waals surface area contributed by atoms with Crippen molar-refractivity contribution in [2.24, 2.45) is 5.11 Å². The number of hydrogen-bond acceptors (Lipinski definition) is 2. The number of nitrogens with zero attached hydrogens (tertiary/aromatic N) is 4. The summed E-state index contributed by atoms with van der Waals surface area (Å²) in [4.78, 5) is 2.66. The van der Waals surface area contributed by atoms with Gasteiger partial charge in [-0.05, 0) is 30.2 Å². The minimum absolute atomic E-state index is 0.503. The molecule has 0 amide bonds. The van der Waals surface area contributed by atoms with Crippen LogP contribution in [0.15, 0.2) is 23.3 Å². The summed E-state index contributed by atoms with van der Waals surface area (Å²) < 4.78 is 0. The molecule has 0 aliphatic rings. The van der Waals surface area contributed by atoms with Gasteiger partial charge in [-0.15, -0.1) is 0 Å². The van der Waals surface area contributed by atoms with Gasteiger partial charge in [-0.2, -0.15) is 5.26 Å². The number of nitriles is 1. The first-order valence-corrected chi connectivity index (χ1v) is 3.34. The highest BCUT2D eigenvalue weighted by Crippen LogP contribution is 2.19. The van der Waals surface area contributed by atoms with Gasteiger partial charge in [0.1, 0.15) is 0 Å². The van der Waals surface area contributed by atoms with Gasteiger partial charge in [-0.3, -0.25) is 0 Å². The molecule has 0 saturated carbocycles. The molecular formula is C8H6N4. The maximum Gasteiger partial charge on any atom is 0.0991 e. The molecule has 0 spiro atoms. The lowest BCUT2D eigenvalue weighted by molar-refractivity contribution is 1.36. The van der Waals surface area contributed by atoms with Crippen LogP contribution in [0.5, 0.6) is 0 Å². The Morgan fingerprint density at radius 3 is 2.92 bits per heavy atom. The fourth-order valence-corrected chi connectivity index (χ4v) is 0.835. The highest BCUT2D eigenvalue weighted by Gasteiger charge is 1.96. The number of azide groups is 1. The summed E-state index contributed by atoms with van der Waals surface area (Å²) in [6.07, 6.45) is 0. The van der Waals surface area contributed by atoms with Gasteiger partial charge in [0.2, 0.25) is 0 Å². The molecule has 4 nitrogen and oxygen atoms in total. The van der Waals surface area contributed by atoms with Gasteiger partial charge in [0.15, 0.2) is 0 Å². The van der Waals surface area contributed by atoms with Gasteiger partial charge in [-0.25, -0.2) is 0 Å². The van der Waals surface area contributed by atoms with E-state index in [-0.39, 0.29) is 0 Å². The van der Waals surface area contributed by atoms with Crippen LogP contribution in [0.25, 0.3) is 10.4 Å². The Morgan fingerprint density at radius 2 is 2.33 bits per heavy atom. The molecule has 0 aromatic heterocycles. The quantitative estimate of drug-likeness (QED) is 0.352. The molecule has 58 valence electrons. The predicted octanol–water partition coefficient (Wildman–Crippen LogP) is 2.81. The molecule has 12 heavy (non-hydrogen) atoms. The molecule has 0 aliphatic heterocycles. The fraction of sp³-hybridized carbons (Fsp3) is 0.125. The van der Waals surface area contributed by atoms with Crippen molar-refractivity contribution in [2.45, 2.75) is 6.92 Å². The van der Waals surface area contributed by atoms with Crippen LogP contribution in [0, 0.1) is 18.3 Å². The molecule has 0 radical (unpaired) electrons. The molecule has 4 heteroatoms. The van der Waals surface area contributed by atoms with E-state index in [4.69, 9.17) is 10.8 Å². The summed E-state index contributed by atoms with van der Waals surface area (Å²) in [5.41, 5.74) is 10.1. The maximum atomic E-state index is 8.54. The molecule has 0 heterocycles. The van der Waals surface area contributed by atoms with E-state index in [2.05, 4.69) is 10.0 Å². The summed E-state index contributed by atoms with van der Waals surface area (Å²) in [5, 5.41) is 12.0. The van der Waals surface area contributed by atoms with E-state index in [0.717, 1.165) is 5.56 Å². The monoisotopic (exact) mass is 158 g/mol.